The zero-order valence-electron chi connectivity index (χ0n) is 5.40. The van der Waals surface area contributed by atoms with Crippen molar-refractivity contribution in [2.75, 3.05) is 13.2 Å². The van der Waals surface area contributed by atoms with Crippen LogP contribution in [0.2, 0.25) is 0 Å². The zero-order chi connectivity index (χ0) is 7.56. The second-order valence-corrected chi connectivity index (χ2v) is 2.16. The number of rotatable bonds is 1. The van der Waals surface area contributed by atoms with Crippen molar-refractivity contribution in [1.82, 2.24) is 0 Å². The second kappa shape index (κ2) is 3.01. The SMILES string of the molecule is OCC1=C[C@@H](O)[C@@H](O)CO1. The molecule has 0 saturated heterocycles. The van der Waals surface area contributed by atoms with E-state index in [2.05, 4.69) is 0 Å². The Morgan fingerprint density at radius 3 is 2.80 bits per heavy atom. The molecule has 58 valence electrons. The van der Waals surface area contributed by atoms with Crippen molar-refractivity contribution in [2.24, 2.45) is 0 Å². The third kappa shape index (κ3) is 1.47. The quantitative estimate of drug-likeness (QED) is 0.426. The van der Waals surface area contributed by atoms with Crippen LogP contribution < -0.4 is 0 Å². The molecule has 2 atom stereocenters. The van der Waals surface area contributed by atoms with E-state index in [1.807, 2.05) is 0 Å². The Hall–Kier alpha value is -0.580. The van der Waals surface area contributed by atoms with Crippen molar-refractivity contribution in [2.45, 2.75) is 12.2 Å². The van der Waals surface area contributed by atoms with Crippen molar-refractivity contribution >= 4 is 0 Å². The smallest absolute Gasteiger partial charge is 0.120 e. The highest BCUT2D eigenvalue weighted by molar-refractivity contribution is 5.03. The van der Waals surface area contributed by atoms with Gasteiger partial charge in [0.05, 0.1) is 0 Å². The van der Waals surface area contributed by atoms with Gasteiger partial charge in [0.1, 0.15) is 31.2 Å². The minimum atomic E-state index is -0.907. The molecule has 0 fully saturated rings. The van der Waals surface area contributed by atoms with Crippen molar-refractivity contribution in [1.29, 1.82) is 0 Å². The molecule has 0 aromatic carbocycles. The normalized spacial score (nSPS) is 32.9. The van der Waals surface area contributed by atoms with Crippen LogP contribution in [0.25, 0.3) is 0 Å². The fraction of sp³-hybridized carbons (Fsp3) is 0.667. The van der Waals surface area contributed by atoms with E-state index in [0.717, 1.165) is 0 Å². The number of hydrogen-bond donors (Lipinski definition) is 3. The summed E-state index contributed by atoms with van der Waals surface area (Å²) < 4.78 is 4.81. The highest BCUT2D eigenvalue weighted by Crippen LogP contribution is 2.09. The summed E-state index contributed by atoms with van der Waals surface area (Å²) in [6.45, 7) is -0.183. The lowest BCUT2D eigenvalue weighted by Crippen LogP contribution is -2.33. The molecule has 1 aliphatic heterocycles. The summed E-state index contributed by atoms with van der Waals surface area (Å²) in [7, 11) is 0. The first-order chi connectivity index (χ1) is 4.74. The van der Waals surface area contributed by atoms with E-state index in [0.29, 0.717) is 5.76 Å². The standard InChI is InChI=1S/C6H10O4/c7-2-4-1-5(8)6(9)3-10-4/h1,5-9H,2-3H2/t5-,6+/m1/s1. The molecular formula is C6H10O4. The third-order valence-corrected chi connectivity index (χ3v) is 1.35. The van der Waals surface area contributed by atoms with E-state index in [1.165, 1.54) is 6.08 Å². The molecule has 3 N–H and O–H groups in total. The molecular weight excluding hydrogens is 136 g/mol. The Kier molecular flexibility index (Phi) is 2.26. The molecule has 0 aromatic rings. The summed E-state index contributed by atoms with van der Waals surface area (Å²) in [4.78, 5) is 0. The minimum Gasteiger partial charge on any atom is -0.493 e. The van der Waals surface area contributed by atoms with E-state index < -0.39 is 12.2 Å². The van der Waals surface area contributed by atoms with E-state index in [-0.39, 0.29) is 13.2 Å². The van der Waals surface area contributed by atoms with Gasteiger partial charge < -0.3 is 20.1 Å². The molecule has 0 spiro atoms. The van der Waals surface area contributed by atoms with Gasteiger partial charge >= 0.3 is 0 Å². The Morgan fingerprint density at radius 2 is 2.30 bits per heavy atom. The van der Waals surface area contributed by atoms with Crippen LogP contribution in [-0.4, -0.2) is 40.7 Å². The number of ether oxygens (including phenoxy) is 1. The molecule has 1 aliphatic rings. The van der Waals surface area contributed by atoms with Gasteiger partial charge in [0.25, 0.3) is 0 Å². The van der Waals surface area contributed by atoms with Crippen LogP contribution in [0.3, 0.4) is 0 Å². The van der Waals surface area contributed by atoms with E-state index >= 15 is 0 Å². The molecule has 0 saturated carbocycles. The van der Waals surface area contributed by atoms with Crippen LogP contribution >= 0.6 is 0 Å². The fourth-order valence-electron chi connectivity index (χ4n) is 0.739. The van der Waals surface area contributed by atoms with Gasteiger partial charge in [0.2, 0.25) is 0 Å². The van der Waals surface area contributed by atoms with Gasteiger partial charge in [0, 0.05) is 0 Å². The van der Waals surface area contributed by atoms with Gasteiger partial charge in [-0.3, -0.25) is 0 Å². The summed E-state index contributed by atoms with van der Waals surface area (Å²) in [5.41, 5.74) is 0. The predicted octanol–water partition coefficient (Wildman–Crippen LogP) is -1.39. The molecule has 0 amide bonds. The number of aliphatic hydroxyl groups excluding tert-OH is 3. The van der Waals surface area contributed by atoms with E-state index in [1.54, 1.807) is 0 Å². The van der Waals surface area contributed by atoms with E-state index in [4.69, 9.17) is 20.1 Å². The number of hydrogen-bond acceptors (Lipinski definition) is 4. The highest BCUT2D eigenvalue weighted by Gasteiger charge is 2.20. The molecule has 10 heavy (non-hydrogen) atoms. The van der Waals surface area contributed by atoms with Crippen LogP contribution in [0, 0.1) is 0 Å². The molecule has 4 nitrogen and oxygen atoms in total. The third-order valence-electron chi connectivity index (χ3n) is 1.35. The van der Waals surface area contributed by atoms with Gasteiger partial charge in [-0.2, -0.15) is 0 Å². The maximum absolute atomic E-state index is 8.96. The number of aliphatic hydroxyl groups is 3. The van der Waals surface area contributed by atoms with Gasteiger partial charge in [-0.15, -0.1) is 0 Å². The predicted molar refractivity (Wildman–Crippen MR) is 33.1 cm³/mol. The monoisotopic (exact) mass is 146 g/mol. The van der Waals surface area contributed by atoms with Gasteiger partial charge in [-0.25, -0.2) is 0 Å². The van der Waals surface area contributed by atoms with Gasteiger partial charge in [-0.1, -0.05) is 0 Å². The van der Waals surface area contributed by atoms with Crippen molar-refractivity contribution in [3.05, 3.63) is 11.8 Å². The first kappa shape index (κ1) is 7.53. The Balaban J connectivity index is 2.56. The highest BCUT2D eigenvalue weighted by atomic mass is 16.5. The van der Waals surface area contributed by atoms with Crippen LogP contribution in [0.4, 0.5) is 0 Å². The largest absolute Gasteiger partial charge is 0.493 e. The first-order valence-electron chi connectivity index (χ1n) is 3.04. The Labute approximate surface area is 58.4 Å². The van der Waals surface area contributed by atoms with Crippen molar-refractivity contribution < 1.29 is 20.1 Å². The molecule has 1 rings (SSSR count). The van der Waals surface area contributed by atoms with Crippen LogP contribution in [0.15, 0.2) is 11.8 Å². The lowest BCUT2D eigenvalue weighted by atomic mass is 10.1. The molecule has 0 aliphatic carbocycles. The van der Waals surface area contributed by atoms with Gasteiger partial charge in [0.15, 0.2) is 0 Å². The Morgan fingerprint density at radius 1 is 1.60 bits per heavy atom. The second-order valence-electron chi connectivity index (χ2n) is 2.16. The molecule has 4 heteroatoms. The summed E-state index contributed by atoms with van der Waals surface area (Å²) in [6, 6.07) is 0. The summed E-state index contributed by atoms with van der Waals surface area (Å²) in [5, 5.41) is 26.4. The molecule has 1 heterocycles. The maximum atomic E-state index is 8.96. The first-order valence-corrected chi connectivity index (χ1v) is 3.04. The Bertz CT molecular complexity index is 143. The average molecular weight is 146 g/mol. The minimum absolute atomic E-state index is 0.0492. The van der Waals surface area contributed by atoms with E-state index in [9.17, 15) is 0 Å². The molecule has 0 aromatic heterocycles. The zero-order valence-corrected chi connectivity index (χ0v) is 5.40. The molecule has 0 radical (unpaired) electrons. The van der Waals surface area contributed by atoms with Crippen molar-refractivity contribution in [3.63, 3.8) is 0 Å². The summed E-state index contributed by atoms with van der Waals surface area (Å²) >= 11 is 0. The molecule has 0 bridgehead atoms. The molecule has 0 unspecified atom stereocenters. The van der Waals surface area contributed by atoms with Gasteiger partial charge in [-0.05, 0) is 6.08 Å². The fourth-order valence-corrected chi connectivity index (χ4v) is 0.739. The maximum Gasteiger partial charge on any atom is 0.120 e. The van der Waals surface area contributed by atoms with Crippen LogP contribution in [0.5, 0.6) is 0 Å². The topological polar surface area (TPSA) is 69.9 Å². The lowest BCUT2D eigenvalue weighted by Gasteiger charge is -2.22. The van der Waals surface area contributed by atoms with Crippen LogP contribution in [0.1, 0.15) is 0 Å². The lowest BCUT2D eigenvalue weighted by molar-refractivity contribution is -0.0263. The van der Waals surface area contributed by atoms with Crippen LogP contribution in [-0.2, 0) is 4.74 Å². The van der Waals surface area contributed by atoms with Crippen molar-refractivity contribution in [3.8, 4) is 0 Å². The average Bonchev–Trinajstić information content (AvgIpc) is 1.95. The summed E-state index contributed by atoms with van der Waals surface area (Å²) in [5.74, 6) is 0.317. The summed E-state index contributed by atoms with van der Waals surface area (Å²) in [6.07, 6.45) is -0.472.